The molecule has 1 fully saturated rings. The van der Waals surface area contributed by atoms with E-state index in [2.05, 4.69) is 0 Å². The molecule has 0 aliphatic heterocycles. The van der Waals surface area contributed by atoms with Crippen LogP contribution in [0.5, 0.6) is 0 Å². The minimum Gasteiger partial charge on any atom is -0.326 e. The maximum atomic E-state index is 12.8. The molecule has 0 heterocycles. The van der Waals surface area contributed by atoms with Crippen LogP contribution in [0, 0.1) is 0 Å². The van der Waals surface area contributed by atoms with Gasteiger partial charge in [-0.1, -0.05) is 17.7 Å². The van der Waals surface area contributed by atoms with Crippen molar-refractivity contribution in [1.82, 2.24) is 4.72 Å². The van der Waals surface area contributed by atoms with E-state index < -0.39 is 21.7 Å². The molecule has 1 saturated carbocycles. The molecule has 0 spiro atoms. The molecule has 0 saturated heterocycles. The van der Waals surface area contributed by atoms with Crippen molar-refractivity contribution in [1.29, 1.82) is 0 Å². The van der Waals surface area contributed by atoms with E-state index in [-0.39, 0.29) is 29.3 Å². The molecule has 0 atom stereocenters. The van der Waals surface area contributed by atoms with Crippen LogP contribution in [0.3, 0.4) is 0 Å². The summed E-state index contributed by atoms with van der Waals surface area (Å²) in [6.45, 7) is 0.110. The lowest BCUT2D eigenvalue weighted by Gasteiger charge is -2.20. The van der Waals surface area contributed by atoms with Crippen molar-refractivity contribution in [3.05, 3.63) is 28.8 Å². The fraction of sp³-hybridized carbons (Fsp3) is 0.455. The number of alkyl halides is 3. The minimum absolute atomic E-state index is 0.104. The molecule has 112 valence electrons. The highest BCUT2D eigenvalue weighted by Crippen LogP contribution is 2.49. The Morgan fingerprint density at radius 2 is 1.95 bits per heavy atom. The van der Waals surface area contributed by atoms with Crippen molar-refractivity contribution < 1.29 is 21.6 Å². The molecule has 9 heteroatoms. The van der Waals surface area contributed by atoms with Gasteiger partial charge in [0.25, 0.3) is 0 Å². The van der Waals surface area contributed by atoms with Crippen molar-refractivity contribution in [3.63, 3.8) is 0 Å². The molecular formula is C11H12ClF3N2O2S. The zero-order valence-electron chi connectivity index (χ0n) is 10.2. The molecule has 0 radical (unpaired) electrons. The molecule has 1 aliphatic rings. The molecule has 0 unspecified atom stereocenters. The van der Waals surface area contributed by atoms with Crippen molar-refractivity contribution in [3.8, 4) is 0 Å². The second kappa shape index (κ2) is 4.87. The van der Waals surface area contributed by atoms with E-state index in [9.17, 15) is 21.6 Å². The first-order chi connectivity index (χ1) is 9.11. The van der Waals surface area contributed by atoms with Gasteiger partial charge in [-0.05, 0) is 30.5 Å². The molecule has 0 bridgehead atoms. The first kappa shape index (κ1) is 15.6. The van der Waals surface area contributed by atoms with Gasteiger partial charge in [0.1, 0.15) is 5.54 Å². The summed E-state index contributed by atoms with van der Waals surface area (Å²) in [5.41, 5.74) is 3.55. The monoisotopic (exact) mass is 328 g/mol. The van der Waals surface area contributed by atoms with Gasteiger partial charge in [-0.2, -0.15) is 17.9 Å². The predicted octanol–water partition coefficient (Wildman–Crippen LogP) is 2.17. The highest BCUT2D eigenvalue weighted by Gasteiger charge is 2.65. The summed E-state index contributed by atoms with van der Waals surface area (Å²) >= 11 is 5.82. The zero-order valence-corrected chi connectivity index (χ0v) is 11.7. The van der Waals surface area contributed by atoms with Gasteiger partial charge in [0.2, 0.25) is 10.0 Å². The van der Waals surface area contributed by atoms with Gasteiger partial charge in [-0.25, -0.2) is 8.42 Å². The van der Waals surface area contributed by atoms with E-state index in [4.69, 9.17) is 17.3 Å². The lowest BCUT2D eigenvalue weighted by molar-refractivity contribution is -0.160. The number of halogens is 4. The molecule has 0 amide bonds. The van der Waals surface area contributed by atoms with Crippen LogP contribution in [0.25, 0.3) is 0 Å². The molecule has 3 N–H and O–H groups in total. The van der Waals surface area contributed by atoms with E-state index in [0.29, 0.717) is 5.56 Å². The van der Waals surface area contributed by atoms with E-state index in [1.54, 1.807) is 4.72 Å². The Hall–Kier alpha value is -0.830. The highest BCUT2D eigenvalue weighted by atomic mass is 35.5. The summed E-state index contributed by atoms with van der Waals surface area (Å²) in [6.07, 6.45) is -5.13. The average Bonchev–Trinajstić information content (AvgIpc) is 3.08. The first-order valence-electron chi connectivity index (χ1n) is 5.70. The quantitative estimate of drug-likeness (QED) is 0.889. The number of hydrogen-bond donors (Lipinski definition) is 2. The van der Waals surface area contributed by atoms with Crippen molar-refractivity contribution in [2.45, 2.75) is 36.0 Å². The van der Waals surface area contributed by atoms with Crippen LogP contribution in [-0.4, -0.2) is 20.1 Å². The summed E-state index contributed by atoms with van der Waals surface area (Å²) in [4.78, 5) is -0.310. The Kier molecular flexibility index (Phi) is 3.79. The third kappa shape index (κ3) is 2.78. The SMILES string of the molecule is NCc1ccc(S(=O)(=O)NC2(C(F)(F)F)CC2)cc1Cl. The van der Waals surface area contributed by atoms with Crippen LogP contribution in [0.1, 0.15) is 18.4 Å². The maximum absolute atomic E-state index is 12.8. The van der Waals surface area contributed by atoms with Crippen LogP contribution in [0.15, 0.2) is 23.1 Å². The third-order valence-electron chi connectivity index (χ3n) is 3.18. The van der Waals surface area contributed by atoms with Crippen LogP contribution in [0.2, 0.25) is 5.02 Å². The molecule has 20 heavy (non-hydrogen) atoms. The number of benzene rings is 1. The topological polar surface area (TPSA) is 72.2 Å². The zero-order chi connectivity index (χ0) is 15.2. The molecule has 1 aromatic carbocycles. The smallest absolute Gasteiger partial charge is 0.326 e. The summed E-state index contributed by atoms with van der Waals surface area (Å²) in [5.74, 6) is 0. The predicted molar refractivity (Wildman–Crippen MR) is 67.7 cm³/mol. The van der Waals surface area contributed by atoms with Gasteiger partial charge in [-0.3, -0.25) is 0 Å². The Labute approximate surface area is 119 Å². The maximum Gasteiger partial charge on any atom is 0.407 e. The Morgan fingerprint density at radius 1 is 1.35 bits per heavy atom. The van der Waals surface area contributed by atoms with Gasteiger partial charge in [0.05, 0.1) is 4.90 Å². The minimum atomic E-state index is -4.61. The van der Waals surface area contributed by atoms with Crippen molar-refractivity contribution >= 4 is 21.6 Å². The van der Waals surface area contributed by atoms with Crippen molar-refractivity contribution in [2.24, 2.45) is 5.73 Å². The van der Waals surface area contributed by atoms with Crippen LogP contribution in [-0.2, 0) is 16.6 Å². The lowest BCUT2D eigenvalue weighted by atomic mass is 10.2. The Morgan fingerprint density at radius 3 is 2.35 bits per heavy atom. The fourth-order valence-corrected chi connectivity index (χ4v) is 3.54. The molecule has 2 rings (SSSR count). The molecular weight excluding hydrogens is 317 g/mol. The Balaban J connectivity index is 2.30. The second-order valence-electron chi connectivity index (χ2n) is 4.64. The third-order valence-corrected chi connectivity index (χ3v) is 5.06. The standard InChI is InChI=1S/C11H12ClF3N2O2S/c12-9-5-8(2-1-7(9)6-16)20(18,19)17-10(3-4-10)11(13,14)15/h1-2,5,17H,3-4,6,16H2. The average molecular weight is 329 g/mol. The fourth-order valence-electron chi connectivity index (χ4n) is 1.75. The second-order valence-corrected chi connectivity index (χ2v) is 6.73. The van der Waals surface area contributed by atoms with Gasteiger partial charge in [0.15, 0.2) is 0 Å². The van der Waals surface area contributed by atoms with E-state index in [1.165, 1.54) is 12.1 Å². The van der Waals surface area contributed by atoms with Crippen LogP contribution < -0.4 is 10.5 Å². The molecule has 1 aromatic rings. The normalized spacial score (nSPS) is 18.1. The number of hydrogen-bond acceptors (Lipinski definition) is 3. The number of nitrogens with one attached hydrogen (secondary N) is 1. The summed E-state index contributed by atoms with van der Waals surface area (Å²) < 4.78 is 64.0. The Bertz CT molecular complexity index is 627. The van der Waals surface area contributed by atoms with Gasteiger partial charge >= 0.3 is 6.18 Å². The summed E-state index contributed by atoms with van der Waals surface area (Å²) in [5, 5.41) is 0.104. The molecule has 1 aliphatic carbocycles. The van der Waals surface area contributed by atoms with Crippen LogP contribution >= 0.6 is 11.6 Å². The largest absolute Gasteiger partial charge is 0.407 e. The lowest BCUT2D eigenvalue weighted by Crippen LogP contribution is -2.47. The summed E-state index contributed by atoms with van der Waals surface area (Å²) in [7, 11) is -4.28. The first-order valence-corrected chi connectivity index (χ1v) is 7.57. The van der Waals surface area contributed by atoms with Gasteiger partial charge in [-0.15, -0.1) is 0 Å². The number of sulfonamides is 1. The van der Waals surface area contributed by atoms with Gasteiger partial charge in [0, 0.05) is 11.6 Å². The molecule has 4 nitrogen and oxygen atoms in total. The summed E-state index contributed by atoms with van der Waals surface area (Å²) in [6, 6.07) is 3.66. The van der Waals surface area contributed by atoms with E-state index in [1.807, 2.05) is 0 Å². The van der Waals surface area contributed by atoms with E-state index >= 15 is 0 Å². The number of rotatable bonds is 4. The van der Waals surface area contributed by atoms with E-state index in [0.717, 1.165) is 6.07 Å². The van der Waals surface area contributed by atoms with Crippen molar-refractivity contribution in [2.75, 3.05) is 0 Å². The van der Waals surface area contributed by atoms with Gasteiger partial charge < -0.3 is 5.73 Å². The van der Waals surface area contributed by atoms with Crippen LogP contribution in [0.4, 0.5) is 13.2 Å². The highest BCUT2D eigenvalue weighted by molar-refractivity contribution is 7.89. The number of nitrogens with two attached hydrogens (primary N) is 1. The molecule has 0 aromatic heterocycles.